The molecule has 0 aliphatic heterocycles. The molecule has 0 unspecified atom stereocenters. The highest BCUT2D eigenvalue weighted by Gasteiger charge is 2.62. The number of benzene rings is 2. The van der Waals surface area contributed by atoms with Crippen LogP contribution in [0.5, 0.6) is 0 Å². The number of carbonyl (C=O) groups is 2. The summed E-state index contributed by atoms with van der Waals surface area (Å²) in [6.45, 7) is 7.99. The predicted octanol–water partition coefficient (Wildman–Crippen LogP) is 6.75. The summed E-state index contributed by atoms with van der Waals surface area (Å²) in [6, 6.07) is 14.7. The van der Waals surface area contributed by atoms with Crippen molar-refractivity contribution in [2.45, 2.75) is 77.7 Å². The van der Waals surface area contributed by atoms with Crippen LogP contribution in [0.25, 0.3) is 10.9 Å². The van der Waals surface area contributed by atoms with Crippen LogP contribution in [-0.2, 0) is 14.9 Å². The number of para-hydroxylation sites is 1. The SMILES string of the molecule is Cc1ccc(C23C[C@@H]4C[C@H](CC(C(=O)O[C@@H](C)C(=O)c5c(C)[nH]c6ccccc56)(C4)C2)C3)cc1C. The molecule has 3 atom stereocenters. The zero-order valence-electron chi connectivity index (χ0n) is 21.2. The molecular weight excluding hydrogens is 434 g/mol. The molecule has 1 heterocycles. The van der Waals surface area contributed by atoms with E-state index >= 15 is 0 Å². The van der Waals surface area contributed by atoms with Gasteiger partial charge >= 0.3 is 5.97 Å². The van der Waals surface area contributed by atoms with Crippen molar-refractivity contribution in [2.24, 2.45) is 17.3 Å². The van der Waals surface area contributed by atoms with Crippen molar-refractivity contribution in [3.8, 4) is 0 Å². The van der Waals surface area contributed by atoms with Crippen LogP contribution in [0.2, 0.25) is 0 Å². The van der Waals surface area contributed by atoms with Crippen molar-refractivity contribution in [1.82, 2.24) is 4.98 Å². The van der Waals surface area contributed by atoms with Crippen LogP contribution in [0.4, 0.5) is 0 Å². The van der Waals surface area contributed by atoms with E-state index < -0.39 is 11.5 Å². The first-order chi connectivity index (χ1) is 16.7. The Morgan fingerprint density at radius 1 is 0.971 bits per heavy atom. The van der Waals surface area contributed by atoms with E-state index in [4.69, 9.17) is 4.74 Å². The molecule has 4 heteroatoms. The Morgan fingerprint density at radius 3 is 2.40 bits per heavy atom. The molecule has 7 rings (SSSR count). The molecule has 0 radical (unpaired) electrons. The minimum Gasteiger partial charge on any atom is -0.454 e. The van der Waals surface area contributed by atoms with Crippen LogP contribution < -0.4 is 0 Å². The zero-order valence-corrected chi connectivity index (χ0v) is 21.2. The lowest BCUT2D eigenvalue weighted by Gasteiger charge is -2.61. The maximum Gasteiger partial charge on any atom is 0.312 e. The Balaban J connectivity index is 1.28. The fourth-order valence-corrected chi connectivity index (χ4v) is 8.05. The molecule has 4 nitrogen and oxygen atoms in total. The number of H-pyrrole nitrogens is 1. The highest BCUT2D eigenvalue weighted by atomic mass is 16.5. The van der Waals surface area contributed by atoms with Crippen molar-refractivity contribution in [3.05, 3.63) is 70.4 Å². The van der Waals surface area contributed by atoms with E-state index in [1.54, 1.807) is 6.92 Å². The lowest BCUT2D eigenvalue weighted by molar-refractivity contribution is -0.176. The van der Waals surface area contributed by atoms with Gasteiger partial charge < -0.3 is 9.72 Å². The number of esters is 1. The molecule has 0 amide bonds. The Hall–Kier alpha value is -2.88. The molecule has 182 valence electrons. The summed E-state index contributed by atoms with van der Waals surface area (Å²) >= 11 is 0. The summed E-state index contributed by atoms with van der Waals surface area (Å²) in [4.78, 5) is 30.6. The first-order valence-corrected chi connectivity index (χ1v) is 13.1. The van der Waals surface area contributed by atoms with Crippen LogP contribution >= 0.6 is 0 Å². The number of carbonyl (C=O) groups excluding carboxylic acids is 2. The van der Waals surface area contributed by atoms with Gasteiger partial charge in [0, 0.05) is 22.2 Å². The Morgan fingerprint density at radius 2 is 1.69 bits per heavy atom. The van der Waals surface area contributed by atoms with Gasteiger partial charge in [0.2, 0.25) is 5.78 Å². The fraction of sp³-hybridized carbons (Fsp3) is 0.484. The number of aromatic amines is 1. The summed E-state index contributed by atoms with van der Waals surface area (Å²) in [5.74, 6) is 0.847. The van der Waals surface area contributed by atoms with E-state index in [2.05, 4.69) is 37.0 Å². The number of aryl methyl sites for hydroxylation is 3. The topological polar surface area (TPSA) is 59.2 Å². The third kappa shape index (κ3) is 3.48. The van der Waals surface area contributed by atoms with Gasteiger partial charge in [-0.2, -0.15) is 0 Å². The van der Waals surface area contributed by atoms with E-state index in [1.807, 2.05) is 31.2 Å². The second-order valence-electron chi connectivity index (χ2n) is 11.9. The number of hydrogen-bond acceptors (Lipinski definition) is 3. The number of nitrogens with one attached hydrogen (secondary N) is 1. The Labute approximate surface area is 207 Å². The molecule has 4 fully saturated rings. The van der Waals surface area contributed by atoms with Gasteiger partial charge in [0.25, 0.3) is 0 Å². The summed E-state index contributed by atoms with van der Waals surface area (Å²) < 4.78 is 6.05. The van der Waals surface area contributed by atoms with Crippen LogP contribution in [-0.4, -0.2) is 22.8 Å². The van der Waals surface area contributed by atoms with Gasteiger partial charge in [-0.25, -0.2) is 0 Å². The minimum atomic E-state index is -0.800. The first kappa shape index (κ1) is 22.6. The van der Waals surface area contributed by atoms with Gasteiger partial charge in [0.05, 0.1) is 5.41 Å². The van der Waals surface area contributed by atoms with Crippen molar-refractivity contribution >= 4 is 22.7 Å². The maximum absolute atomic E-state index is 13.8. The first-order valence-electron chi connectivity index (χ1n) is 13.1. The molecule has 1 aromatic heterocycles. The van der Waals surface area contributed by atoms with Gasteiger partial charge in [0.15, 0.2) is 6.10 Å². The number of aromatic nitrogens is 1. The highest BCUT2D eigenvalue weighted by Crippen LogP contribution is 2.66. The van der Waals surface area contributed by atoms with Crippen LogP contribution in [0.1, 0.15) is 78.2 Å². The van der Waals surface area contributed by atoms with E-state index in [-0.39, 0.29) is 17.2 Å². The predicted molar refractivity (Wildman–Crippen MR) is 138 cm³/mol. The molecule has 2 aromatic carbocycles. The average molecular weight is 470 g/mol. The van der Waals surface area contributed by atoms with Crippen LogP contribution in [0.15, 0.2) is 42.5 Å². The fourth-order valence-electron chi connectivity index (χ4n) is 8.05. The van der Waals surface area contributed by atoms with Gasteiger partial charge in [0.1, 0.15) is 0 Å². The standard InChI is InChI=1S/C31H35NO3/c1-18-9-10-24(11-19(18)2)30-13-22-12-23(14-30)16-31(15-22,17-30)29(34)35-21(4)28(33)27-20(3)32-26-8-6-5-7-25(26)27/h5-11,21-23,32H,12-17H2,1-4H3/t21-,22-,23-,30?,31?/m0/s1. The van der Waals surface area contributed by atoms with Crippen molar-refractivity contribution in [2.75, 3.05) is 0 Å². The number of fused-ring (bicyclic) bond motifs is 1. The molecule has 1 N–H and O–H groups in total. The van der Waals surface area contributed by atoms with Crippen LogP contribution in [0, 0.1) is 38.0 Å². The number of ether oxygens (including phenoxy) is 1. The molecule has 4 saturated carbocycles. The quantitative estimate of drug-likeness (QED) is 0.332. The van der Waals surface area contributed by atoms with Gasteiger partial charge in [-0.1, -0.05) is 36.4 Å². The average Bonchev–Trinajstić information content (AvgIpc) is 3.15. The monoisotopic (exact) mass is 469 g/mol. The Bertz CT molecular complexity index is 1330. The summed E-state index contributed by atoms with van der Waals surface area (Å²) in [7, 11) is 0. The van der Waals surface area contributed by atoms with Crippen molar-refractivity contribution in [3.63, 3.8) is 0 Å². The second-order valence-corrected chi connectivity index (χ2v) is 11.9. The highest BCUT2D eigenvalue weighted by molar-refractivity contribution is 6.11. The van der Waals surface area contributed by atoms with E-state index in [9.17, 15) is 9.59 Å². The van der Waals surface area contributed by atoms with Gasteiger partial charge in [-0.05, 0) is 106 Å². The van der Waals surface area contributed by atoms with Gasteiger partial charge in [-0.15, -0.1) is 0 Å². The molecule has 4 aliphatic carbocycles. The zero-order chi connectivity index (χ0) is 24.5. The second kappa shape index (κ2) is 7.81. The molecule has 3 aromatic rings. The number of rotatable bonds is 5. The molecule has 4 aliphatic rings. The number of hydrogen-bond donors (Lipinski definition) is 1. The lowest BCUT2D eigenvalue weighted by atomic mass is 9.43. The van der Waals surface area contributed by atoms with E-state index in [1.165, 1.54) is 36.0 Å². The lowest BCUT2D eigenvalue weighted by Crippen LogP contribution is -2.57. The molecule has 0 saturated heterocycles. The minimum absolute atomic E-state index is 0.0578. The maximum atomic E-state index is 13.8. The summed E-state index contributed by atoms with van der Waals surface area (Å²) in [5, 5.41) is 0.890. The Kier molecular flexibility index (Phi) is 5.04. The third-order valence-corrected chi connectivity index (χ3v) is 9.41. The van der Waals surface area contributed by atoms with Gasteiger partial charge in [-0.3, -0.25) is 9.59 Å². The number of ketones is 1. The largest absolute Gasteiger partial charge is 0.454 e. The smallest absolute Gasteiger partial charge is 0.312 e. The molecule has 0 spiro atoms. The summed E-state index contributed by atoms with van der Waals surface area (Å²) in [5.41, 5.74) is 6.01. The molecular formula is C31H35NO3. The summed E-state index contributed by atoms with van der Waals surface area (Å²) in [6.07, 6.45) is 5.43. The normalized spacial score (nSPS) is 29.9. The molecule has 4 bridgehead atoms. The van der Waals surface area contributed by atoms with Crippen molar-refractivity contribution in [1.29, 1.82) is 0 Å². The van der Waals surface area contributed by atoms with Crippen molar-refractivity contribution < 1.29 is 14.3 Å². The molecule has 35 heavy (non-hydrogen) atoms. The van der Waals surface area contributed by atoms with E-state index in [0.717, 1.165) is 35.9 Å². The number of Topliss-reactive ketones (excluding diaryl/α,β-unsaturated/α-hetero) is 1. The third-order valence-electron chi connectivity index (χ3n) is 9.41. The van der Waals surface area contributed by atoms with Crippen LogP contribution in [0.3, 0.4) is 0 Å². The van der Waals surface area contributed by atoms with E-state index in [0.29, 0.717) is 17.4 Å².